The molecule has 3 rings (SSSR count). The molecular weight excluding hydrogens is 338 g/mol. The van der Waals surface area contributed by atoms with Crippen LogP contribution in [-0.2, 0) is 0 Å². The Morgan fingerprint density at radius 3 is 2.44 bits per heavy atom. The Labute approximate surface area is 153 Å². The summed E-state index contributed by atoms with van der Waals surface area (Å²) in [5, 5.41) is 3.63. The fourth-order valence-corrected chi connectivity index (χ4v) is 3.09. The molecule has 0 atom stereocenters. The van der Waals surface area contributed by atoms with E-state index in [1.807, 2.05) is 54.3 Å². The third-order valence-corrected chi connectivity index (χ3v) is 4.80. The predicted octanol–water partition coefficient (Wildman–Crippen LogP) is 4.01. The second-order valence-electron chi connectivity index (χ2n) is 6.04. The summed E-state index contributed by atoms with van der Waals surface area (Å²) in [6.45, 7) is 4.79. The second kappa shape index (κ2) is 7.66. The fraction of sp³-hybridized carbons (Fsp3) is 0.316. The highest BCUT2D eigenvalue weighted by Gasteiger charge is 2.23. The highest BCUT2D eigenvalue weighted by Crippen LogP contribution is 2.34. The molecule has 132 valence electrons. The summed E-state index contributed by atoms with van der Waals surface area (Å²) in [7, 11) is 1.65. The Bertz CT molecular complexity index is 744. The normalized spacial score (nSPS) is 14.4. The molecule has 2 amide bonds. The minimum Gasteiger partial charge on any atom is -0.495 e. The molecule has 1 saturated heterocycles. The zero-order chi connectivity index (χ0) is 17.8. The minimum absolute atomic E-state index is 0.0647. The number of ether oxygens (including phenoxy) is 1. The molecule has 0 aromatic heterocycles. The molecule has 25 heavy (non-hydrogen) atoms. The standard InChI is InChI=1S/C19H22ClN3O2/c1-14-12-17(18(25-2)13-16(14)20)22-8-10-23(11-9-22)19(24)21-15-6-4-3-5-7-15/h3-7,12-13H,8-11H2,1-2H3,(H,21,24). The number of nitrogens with zero attached hydrogens (tertiary/aromatic N) is 2. The topological polar surface area (TPSA) is 44.8 Å². The first-order chi connectivity index (χ1) is 12.1. The number of hydrogen-bond donors (Lipinski definition) is 1. The van der Waals surface area contributed by atoms with Gasteiger partial charge in [-0.2, -0.15) is 0 Å². The van der Waals surface area contributed by atoms with Gasteiger partial charge in [0.2, 0.25) is 0 Å². The number of amides is 2. The fourth-order valence-electron chi connectivity index (χ4n) is 2.93. The number of carbonyl (C=O) groups is 1. The molecule has 2 aromatic rings. The molecule has 1 fully saturated rings. The first-order valence-corrected chi connectivity index (χ1v) is 8.66. The van der Waals surface area contributed by atoms with Crippen molar-refractivity contribution in [3.05, 3.63) is 53.1 Å². The number of benzene rings is 2. The molecule has 0 saturated carbocycles. The van der Waals surface area contributed by atoms with Gasteiger partial charge in [0.15, 0.2) is 0 Å². The number of halogens is 1. The summed E-state index contributed by atoms with van der Waals surface area (Å²) < 4.78 is 5.47. The number of piperazine rings is 1. The summed E-state index contributed by atoms with van der Waals surface area (Å²) in [5.41, 5.74) is 2.85. The van der Waals surface area contributed by atoms with E-state index < -0.39 is 0 Å². The maximum absolute atomic E-state index is 12.4. The Morgan fingerprint density at radius 2 is 1.80 bits per heavy atom. The van der Waals surface area contributed by atoms with Crippen LogP contribution >= 0.6 is 11.6 Å². The van der Waals surface area contributed by atoms with Crippen molar-refractivity contribution in [3.8, 4) is 5.75 Å². The van der Waals surface area contributed by atoms with Crippen LogP contribution < -0.4 is 15.0 Å². The highest BCUT2D eigenvalue weighted by atomic mass is 35.5. The summed E-state index contributed by atoms with van der Waals surface area (Å²) >= 11 is 6.19. The lowest BCUT2D eigenvalue weighted by molar-refractivity contribution is 0.208. The van der Waals surface area contributed by atoms with Gasteiger partial charge in [-0.25, -0.2) is 4.79 Å². The van der Waals surface area contributed by atoms with Gasteiger partial charge >= 0.3 is 6.03 Å². The number of anilines is 2. The molecule has 0 radical (unpaired) electrons. The first kappa shape index (κ1) is 17.4. The average molecular weight is 360 g/mol. The molecule has 2 aromatic carbocycles. The van der Waals surface area contributed by atoms with Crippen molar-refractivity contribution in [2.45, 2.75) is 6.92 Å². The lowest BCUT2D eigenvalue weighted by atomic mass is 10.1. The predicted molar refractivity (Wildman–Crippen MR) is 102 cm³/mol. The van der Waals surface area contributed by atoms with Crippen LogP contribution in [0, 0.1) is 6.92 Å². The van der Waals surface area contributed by atoms with E-state index in [1.165, 1.54) is 0 Å². The van der Waals surface area contributed by atoms with Gasteiger partial charge in [-0.15, -0.1) is 0 Å². The molecular formula is C19H22ClN3O2. The van der Waals surface area contributed by atoms with Crippen LogP contribution in [0.2, 0.25) is 5.02 Å². The lowest BCUT2D eigenvalue weighted by Gasteiger charge is -2.36. The third kappa shape index (κ3) is 3.99. The van der Waals surface area contributed by atoms with E-state index in [2.05, 4.69) is 10.2 Å². The Morgan fingerprint density at radius 1 is 1.12 bits per heavy atom. The van der Waals surface area contributed by atoms with Crippen molar-refractivity contribution in [1.29, 1.82) is 0 Å². The van der Waals surface area contributed by atoms with E-state index in [-0.39, 0.29) is 6.03 Å². The summed E-state index contributed by atoms with van der Waals surface area (Å²) in [4.78, 5) is 16.4. The van der Waals surface area contributed by atoms with Gasteiger partial charge in [0.25, 0.3) is 0 Å². The second-order valence-corrected chi connectivity index (χ2v) is 6.45. The van der Waals surface area contributed by atoms with Gasteiger partial charge in [-0.05, 0) is 30.7 Å². The molecule has 0 aliphatic carbocycles. The van der Waals surface area contributed by atoms with Gasteiger partial charge in [-0.3, -0.25) is 0 Å². The van der Waals surface area contributed by atoms with E-state index >= 15 is 0 Å². The van der Waals surface area contributed by atoms with E-state index in [0.717, 1.165) is 35.8 Å². The smallest absolute Gasteiger partial charge is 0.321 e. The lowest BCUT2D eigenvalue weighted by Crippen LogP contribution is -2.50. The molecule has 5 nitrogen and oxygen atoms in total. The monoisotopic (exact) mass is 359 g/mol. The van der Waals surface area contributed by atoms with E-state index in [9.17, 15) is 4.79 Å². The largest absolute Gasteiger partial charge is 0.495 e. The summed E-state index contributed by atoms with van der Waals surface area (Å²) in [6.07, 6.45) is 0. The molecule has 0 bridgehead atoms. The maximum Gasteiger partial charge on any atom is 0.321 e. The van der Waals surface area contributed by atoms with Crippen molar-refractivity contribution in [1.82, 2.24) is 4.90 Å². The van der Waals surface area contributed by atoms with E-state index in [0.29, 0.717) is 18.1 Å². The number of hydrogen-bond acceptors (Lipinski definition) is 3. The quantitative estimate of drug-likeness (QED) is 0.900. The van der Waals surface area contributed by atoms with Gasteiger partial charge in [0.1, 0.15) is 5.75 Å². The van der Waals surface area contributed by atoms with Crippen molar-refractivity contribution < 1.29 is 9.53 Å². The van der Waals surface area contributed by atoms with Crippen molar-refractivity contribution in [2.75, 3.05) is 43.5 Å². The number of urea groups is 1. The zero-order valence-corrected chi connectivity index (χ0v) is 15.2. The number of nitrogens with one attached hydrogen (secondary N) is 1. The van der Waals surface area contributed by atoms with E-state index in [1.54, 1.807) is 7.11 Å². The zero-order valence-electron chi connectivity index (χ0n) is 14.5. The van der Waals surface area contributed by atoms with Crippen LogP contribution in [0.15, 0.2) is 42.5 Å². The van der Waals surface area contributed by atoms with Crippen molar-refractivity contribution in [2.24, 2.45) is 0 Å². The molecule has 1 aliphatic heterocycles. The van der Waals surface area contributed by atoms with Crippen LogP contribution in [0.3, 0.4) is 0 Å². The number of rotatable bonds is 3. The van der Waals surface area contributed by atoms with Crippen molar-refractivity contribution in [3.63, 3.8) is 0 Å². The molecule has 1 N–H and O–H groups in total. The van der Waals surface area contributed by atoms with Gasteiger partial charge < -0.3 is 19.9 Å². The number of para-hydroxylation sites is 1. The maximum atomic E-state index is 12.4. The SMILES string of the molecule is COc1cc(Cl)c(C)cc1N1CCN(C(=O)Nc2ccccc2)CC1. The third-order valence-electron chi connectivity index (χ3n) is 4.39. The van der Waals surface area contributed by atoms with Crippen LogP contribution in [-0.4, -0.2) is 44.2 Å². The van der Waals surface area contributed by atoms with Crippen LogP contribution in [0.25, 0.3) is 0 Å². The Hall–Kier alpha value is -2.40. The summed E-state index contributed by atoms with van der Waals surface area (Å²) in [6, 6.07) is 13.3. The molecule has 0 unspecified atom stereocenters. The molecule has 1 aliphatic rings. The van der Waals surface area contributed by atoms with Crippen molar-refractivity contribution >= 4 is 29.0 Å². The Kier molecular flexibility index (Phi) is 5.34. The number of aryl methyl sites for hydroxylation is 1. The molecule has 6 heteroatoms. The van der Waals surface area contributed by atoms with E-state index in [4.69, 9.17) is 16.3 Å². The van der Waals surface area contributed by atoms with Crippen LogP contribution in [0.5, 0.6) is 5.75 Å². The molecule has 1 heterocycles. The van der Waals surface area contributed by atoms with Gasteiger partial charge in [-0.1, -0.05) is 29.8 Å². The minimum atomic E-state index is -0.0647. The number of methoxy groups -OCH3 is 1. The van der Waals surface area contributed by atoms with Crippen LogP contribution in [0.4, 0.5) is 16.2 Å². The highest BCUT2D eigenvalue weighted by molar-refractivity contribution is 6.31. The number of carbonyl (C=O) groups excluding carboxylic acids is 1. The van der Waals surface area contributed by atoms with Crippen LogP contribution in [0.1, 0.15) is 5.56 Å². The summed E-state index contributed by atoms with van der Waals surface area (Å²) in [5.74, 6) is 0.762. The van der Waals surface area contributed by atoms with Gasteiger partial charge in [0, 0.05) is 43.0 Å². The van der Waals surface area contributed by atoms with Gasteiger partial charge in [0.05, 0.1) is 12.8 Å². The Balaban J connectivity index is 1.64. The molecule has 0 spiro atoms. The first-order valence-electron chi connectivity index (χ1n) is 8.28. The average Bonchev–Trinajstić information content (AvgIpc) is 2.64.